The van der Waals surface area contributed by atoms with Gasteiger partial charge in [-0.3, -0.25) is 19.8 Å². The summed E-state index contributed by atoms with van der Waals surface area (Å²) in [7, 11) is 0. The van der Waals surface area contributed by atoms with E-state index in [1.54, 1.807) is 31.2 Å². The Bertz CT molecular complexity index is 880. The van der Waals surface area contributed by atoms with Crippen LogP contribution in [0, 0.1) is 0 Å². The van der Waals surface area contributed by atoms with E-state index in [9.17, 15) is 14.4 Å². The summed E-state index contributed by atoms with van der Waals surface area (Å²) in [4.78, 5) is 38.2. The number of anilines is 1. The molecule has 0 unspecified atom stereocenters. The van der Waals surface area contributed by atoms with Crippen LogP contribution in [0.15, 0.2) is 30.3 Å². The third-order valence-electron chi connectivity index (χ3n) is 4.54. The molecule has 2 aromatic rings. The molecule has 2 heterocycles. The second-order valence-corrected chi connectivity index (χ2v) is 7.59. The lowest BCUT2D eigenvalue weighted by molar-refractivity contribution is -0.133. The van der Waals surface area contributed by atoms with E-state index in [2.05, 4.69) is 20.8 Å². The van der Waals surface area contributed by atoms with Crippen molar-refractivity contribution in [2.45, 2.75) is 31.2 Å². The molecule has 0 radical (unpaired) electrons. The quantitative estimate of drug-likeness (QED) is 0.780. The van der Waals surface area contributed by atoms with Crippen molar-refractivity contribution in [1.29, 1.82) is 0 Å². The van der Waals surface area contributed by atoms with Crippen LogP contribution in [0.1, 0.15) is 36.3 Å². The van der Waals surface area contributed by atoms with Gasteiger partial charge in [-0.15, -0.1) is 10.2 Å². The van der Waals surface area contributed by atoms with Crippen molar-refractivity contribution >= 4 is 34.3 Å². The van der Waals surface area contributed by atoms with Gasteiger partial charge in [-0.1, -0.05) is 41.7 Å². The van der Waals surface area contributed by atoms with Gasteiger partial charge >= 0.3 is 6.03 Å². The average Bonchev–Trinajstić information content (AvgIpc) is 3.34. The van der Waals surface area contributed by atoms with Crippen LogP contribution in [0.2, 0.25) is 0 Å². The lowest BCUT2D eigenvalue weighted by Crippen LogP contribution is -2.42. The molecule has 0 bridgehead atoms. The van der Waals surface area contributed by atoms with Gasteiger partial charge in [0.15, 0.2) is 0 Å². The van der Waals surface area contributed by atoms with E-state index < -0.39 is 23.4 Å². The molecule has 1 aliphatic heterocycles. The fraction of sp³-hybridized carbons (Fsp3) is 0.353. The second kappa shape index (κ2) is 6.17. The van der Waals surface area contributed by atoms with Crippen molar-refractivity contribution in [3.63, 3.8) is 0 Å². The molecular weight excluding hydrogens is 354 g/mol. The summed E-state index contributed by atoms with van der Waals surface area (Å²) < 4.78 is 0. The molecule has 1 aromatic carbocycles. The largest absolute Gasteiger partial charge is 0.325 e. The van der Waals surface area contributed by atoms with E-state index in [0.717, 1.165) is 22.7 Å². The predicted octanol–water partition coefficient (Wildman–Crippen LogP) is 1.82. The van der Waals surface area contributed by atoms with E-state index >= 15 is 0 Å². The number of hydrogen-bond acceptors (Lipinski definition) is 6. The highest BCUT2D eigenvalue weighted by molar-refractivity contribution is 7.15. The SMILES string of the molecule is C[C@]1(c2ccccc2)NC(=O)N(CC(=O)Nc2nnc(C3CC3)s2)C1=O. The van der Waals surface area contributed by atoms with Gasteiger partial charge in [-0.2, -0.15) is 0 Å². The van der Waals surface area contributed by atoms with Gasteiger partial charge in [0.2, 0.25) is 11.0 Å². The number of nitrogens with zero attached hydrogens (tertiary/aromatic N) is 3. The van der Waals surface area contributed by atoms with Gasteiger partial charge in [0.25, 0.3) is 5.91 Å². The summed E-state index contributed by atoms with van der Waals surface area (Å²) in [5.74, 6) is -0.486. The third kappa shape index (κ3) is 2.94. The summed E-state index contributed by atoms with van der Waals surface area (Å²) in [6, 6.07) is 8.36. The molecule has 0 spiro atoms. The molecule has 1 aliphatic carbocycles. The fourth-order valence-electron chi connectivity index (χ4n) is 2.89. The van der Waals surface area contributed by atoms with Gasteiger partial charge in [0.1, 0.15) is 17.1 Å². The van der Waals surface area contributed by atoms with Gasteiger partial charge in [-0.25, -0.2) is 4.79 Å². The lowest BCUT2D eigenvalue weighted by atomic mass is 9.92. The van der Waals surface area contributed by atoms with Crippen molar-refractivity contribution in [1.82, 2.24) is 20.4 Å². The first-order chi connectivity index (χ1) is 12.5. The second-order valence-electron chi connectivity index (χ2n) is 6.58. The number of carbonyl (C=O) groups is 3. The van der Waals surface area contributed by atoms with Crippen molar-refractivity contribution in [2.75, 3.05) is 11.9 Å². The Morgan fingerprint density at radius 3 is 2.73 bits per heavy atom. The van der Waals surface area contributed by atoms with E-state index in [1.165, 1.54) is 11.3 Å². The molecule has 1 saturated heterocycles. The van der Waals surface area contributed by atoms with Crippen molar-refractivity contribution in [3.8, 4) is 0 Å². The standard InChI is InChI=1S/C17H17N5O3S/c1-17(11-5-3-2-4-6-11)14(24)22(16(25)19-17)9-12(23)18-15-21-20-13(26-15)10-7-8-10/h2-6,10H,7-9H2,1H3,(H,19,25)(H,18,21,23)/t17-/m1/s1. The van der Waals surface area contributed by atoms with Crippen LogP contribution < -0.4 is 10.6 Å². The molecule has 4 rings (SSSR count). The zero-order chi connectivity index (χ0) is 18.3. The molecule has 1 saturated carbocycles. The van der Waals surface area contributed by atoms with Crippen molar-refractivity contribution in [2.24, 2.45) is 0 Å². The maximum atomic E-state index is 12.8. The Kier molecular flexibility index (Phi) is 3.95. The van der Waals surface area contributed by atoms with Gasteiger partial charge < -0.3 is 5.32 Å². The molecule has 26 heavy (non-hydrogen) atoms. The maximum absolute atomic E-state index is 12.8. The zero-order valence-corrected chi connectivity index (χ0v) is 14.9. The molecule has 8 nitrogen and oxygen atoms in total. The van der Waals surface area contributed by atoms with Crippen molar-refractivity contribution in [3.05, 3.63) is 40.9 Å². The monoisotopic (exact) mass is 371 g/mol. The summed E-state index contributed by atoms with van der Waals surface area (Å²) in [5.41, 5.74) is -0.514. The highest BCUT2D eigenvalue weighted by Crippen LogP contribution is 2.42. The van der Waals surface area contributed by atoms with E-state index in [1.807, 2.05) is 6.07 Å². The molecule has 1 atom stereocenters. The molecule has 1 aromatic heterocycles. The minimum Gasteiger partial charge on any atom is -0.319 e. The van der Waals surface area contributed by atoms with Gasteiger partial charge in [0.05, 0.1) is 0 Å². The zero-order valence-electron chi connectivity index (χ0n) is 14.1. The number of rotatable bonds is 5. The number of urea groups is 1. The summed E-state index contributed by atoms with van der Waals surface area (Å²) >= 11 is 1.33. The molecule has 134 valence electrons. The summed E-state index contributed by atoms with van der Waals surface area (Å²) in [6.07, 6.45) is 2.20. The number of carbonyl (C=O) groups excluding carboxylic acids is 3. The first-order valence-electron chi connectivity index (χ1n) is 8.30. The summed E-state index contributed by atoms with van der Waals surface area (Å²) in [6.45, 7) is 1.26. The number of amides is 4. The summed E-state index contributed by atoms with van der Waals surface area (Å²) in [5, 5.41) is 14.6. The van der Waals surface area contributed by atoms with E-state index in [4.69, 9.17) is 0 Å². The smallest absolute Gasteiger partial charge is 0.319 e. The Hall–Kier alpha value is -2.81. The number of hydrogen-bond donors (Lipinski definition) is 2. The minimum atomic E-state index is -1.18. The first kappa shape index (κ1) is 16.6. The molecule has 2 N–H and O–H groups in total. The highest BCUT2D eigenvalue weighted by atomic mass is 32.1. The van der Waals surface area contributed by atoms with Crippen molar-refractivity contribution < 1.29 is 14.4 Å². The first-order valence-corrected chi connectivity index (χ1v) is 9.12. The van der Waals surface area contributed by atoms with Crippen LogP contribution >= 0.6 is 11.3 Å². The van der Waals surface area contributed by atoms with Gasteiger partial charge in [0, 0.05) is 5.92 Å². The molecule has 4 amide bonds. The normalized spacial score (nSPS) is 22.4. The van der Waals surface area contributed by atoms with E-state index in [-0.39, 0.29) is 6.54 Å². The topological polar surface area (TPSA) is 104 Å². The Morgan fingerprint density at radius 1 is 1.31 bits per heavy atom. The average molecular weight is 371 g/mol. The minimum absolute atomic E-state index is 0.370. The van der Waals surface area contributed by atoms with Crippen LogP contribution in [0.4, 0.5) is 9.93 Å². The molecular formula is C17H17N5O3S. The van der Waals surface area contributed by atoms with Crippen LogP contribution in [0.25, 0.3) is 0 Å². The highest BCUT2D eigenvalue weighted by Gasteiger charge is 2.49. The number of benzene rings is 1. The lowest BCUT2D eigenvalue weighted by Gasteiger charge is -2.21. The van der Waals surface area contributed by atoms with Crippen LogP contribution in [0.3, 0.4) is 0 Å². The molecule has 9 heteroatoms. The van der Waals surface area contributed by atoms with Gasteiger partial charge in [-0.05, 0) is 25.3 Å². The fourth-order valence-corrected chi connectivity index (χ4v) is 3.82. The van der Waals surface area contributed by atoms with Crippen LogP contribution in [0.5, 0.6) is 0 Å². The maximum Gasteiger partial charge on any atom is 0.325 e. The van der Waals surface area contributed by atoms with Crippen LogP contribution in [-0.2, 0) is 15.1 Å². The number of imide groups is 1. The molecule has 2 fully saturated rings. The predicted molar refractivity (Wildman–Crippen MR) is 94.6 cm³/mol. The van der Waals surface area contributed by atoms with Crippen LogP contribution in [-0.4, -0.2) is 39.5 Å². The molecule has 2 aliphatic rings. The Labute approximate surface area is 153 Å². The number of aromatic nitrogens is 2. The third-order valence-corrected chi connectivity index (χ3v) is 5.54. The Morgan fingerprint density at radius 2 is 2.04 bits per heavy atom. The Balaban J connectivity index is 1.44. The van der Waals surface area contributed by atoms with E-state index in [0.29, 0.717) is 16.6 Å². The number of nitrogens with one attached hydrogen (secondary N) is 2.